The molecule has 3 atom stereocenters. The van der Waals surface area contributed by atoms with Crippen molar-refractivity contribution in [3.05, 3.63) is 0 Å². The number of carbonyl (C=O) groups is 1. The molecule has 1 rings (SSSR count). The summed E-state index contributed by atoms with van der Waals surface area (Å²) in [4.78, 5) is 11.6. The van der Waals surface area contributed by atoms with Gasteiger partial charge in [-0.1, -0.05) is 27.2 Å². The van der Waals surface area contributed by atoms with Crippen LogP contribution in [0.3, 0.4) is 0 Å². The van der Waals surface area contributed by atoms with Gasteiger partial charge in [-0.15, -0.1) is 0 Å². The lowest BCUT2D eigenvalue weighted by Crippen LogP contribution is -2.47. The van der Waals surface area contributed by atoms with Crippen molar-refractivity contribution in [1.29, 1.82) is 0 Å². The van der Waals surface area contributed by atoms with Gasteiger partial charge in [0.1, 0.15) is 0 Å². The molecule has 0 aliphatic heterocycles. The summed E-state index contributed by atoms with van der Waals surface area (Å²) in [5, 5.41) is -0.662. The van der Waals surface area contributed by atoms with Crippen molar-refractivity contribution in [1.82, 2.24) is 4.72 Å². The zero-order valence-electron chi connectivity index (χ0n) is 12.4. The van der Waals surface area contributed by atoms with Crippen LogP contribution < -0.4 is 4.72 Å². The molecular formula is C13H25NO4S. The van der Waals surface area contributed by atoms with Gasteiger partial charge in [0, 0.05) is 6.04 Å². The first-order chi connectivity index (χ1) is 8.59. The Balaban J connectivity index is 2.85. The molecule has 3 unspecified atom stereocenters. The van der Waals surface area contributed by atoms with E-state index in [2.05, 4.69) is 4.72 Å². The molecular weight excluding hydrogens is 266 g/mol. The molecule has 0 aromatic heterocycles. The smallest absolute Gasteiger partial charge is 0.310 e. The molecule has 0 bridgehead atoms. The zero-order valence-corrected chi connectivity index (χ0v) is 13.2. The molecule has 0 amide bonds. The van der Waals surface area contributed by atoms with E-state index < -0.39 is 27.2 Å². The molecule has 6 heteroatoms. The SMILES string of the molecule is COC(=O)C1CCCC1S(=O)(=O)NC(C)C(C)(C)C. The highest BCUT2D eigenvalue weighted by molar-refractivity contribution is 7.90. The zero-order chi connectivity index (χ0) is 14.8. The summed E-state index contributed by atoms with van der Waals surface area (Å²) in [7, 11) is -2.20. The maximum atomic E-state index is 12.4. The summed E-state index contributed by atoms with van der Waals surface area (Å²) < 4.78 is 32.2. The number of ether oxygens (including phenoxy) is 1. The quantitative estimate of drug-likeness (QED) is 0.800. The van der Waals surface area contributed by atoms with Crippen LogP contribution in [0.5, 0.6) is 0 Å². The van der Waals surface area contributed by atoms with Gasteiger partial charge >= 0.3 is 5.97 Å². The Morgan fingerprint density at radius 3 is 2.37 bits per heavy atom. The standard InChI is InChI=1S/C13H25NO4S/c1-9(13(2,3)4)14-19(16,17)11-8-6-7-10(11)12(15)18-5/h9-11,14H,6-8H2,1-5H3. The van der Waals surface area contributed by atoms with E-state index in [0.717, 1.165) is 6.42 Å². The van der Waals surface area contributed by atoms with Gasteiger partial charge in [-0.05, 0) is 25.2 Å². The van der Waals surface area contributed by atoms with Gasteiger partial charge in [-0.25, -0.2) is 13.1 Å². The Bertz CT molecular complexity index is 424. The van der Waals surface area contributed by atoms with Crippen molar-refractivity contribution in [3.63, 3.8) is 0 Å². The van der Waals surface area contributed by atoms with Crippen LogP contribution in [0, 0.1) is 11.3 Å². The van der Waals surface area contributed by atoms with Gasteiger partial charge in [-0.2, -0.15) is 0 Å². The fraction of sp³-hybridized carbons (Fsp3) is 0.923. The van der Waals surface area contributed by atoms with Crippen molar-refractivity contribution in [2.24, 2.45) is 11.3 Å². The van der Waals surface area contributed by atoms with E-state index in [9.17, 15) is 13.2 Å². The molecule has 0 heterocycles. The lowest BCUT2D eigenvalue weighted by molar-refractivity contribution is -0.145. The van der Waals surface area contributed by atoms with Crippen LogP contribution in [0.2, 0.25) is 0 Å². The first-order valence-corrected chi connectivity index (χ1v) is 8.23. The van der Waals surface area contributed by atoms with Crippen molar-refractivity contribution in [3.8, 4) is 0 Å². The van der Waals surface area contributed by atoms with Crippen molar-refractivity contribution < 1.29 is 17.9 Å². The Labute approximate surface area is 116 Å². The Morgan fingerprint density at radius 2 is 1.89 bits per heavy atom. The molecule has 1 aliphatic rings. The van der Waals surface area contributed by atoms with Crippen molar-refractivity contribution >= 4 is 16.0 Å². The normalized spacial score (nSPS) is 26.2. The van der Waals surface area contributed by atoms with Crippen molar-refractivity contribution in [2.45, 2.75) is 58.2 Å². The van der Waals surface area contributed by atoms with Gasteiger partial charge in [0.25, 0.3) is 0 Å². The van der Waals surface area contributed by atoms with Gasteiger partial charge in [0.2, 0.25) is 10.0 Å². The summed E-state index contributed by atoms with van der Waals surface area (Å²) in [6.45, 7) is 7.78. The van der Waals surface area contributed by atoms with Gasteiger partial charge < -0.3 is 4.74 Å². The van der Waals surface area contributed by atoms with E-state index in [1.165, 1.54) is 7.11 Å². The molecule has 1 N–H and O–H groups in total. The summed E-state index contributed by atoms with van der Waals surface area (Å²) in [6, 6.07) is -0.184. The van der Waals surface area contributed by atoms with Crippen LogP contribution in [0.1, 0.15) is 47.0 Å². The Kier molecular flexibility index (Phi) is 5.01. The Hall–Kier alpha value is -0.620. The predicted molar refractivity (Wildman–Crippen MR) is 74.1 cm³/mol. The fourth-order valence-corrected chi connectivity index (χ4v) is 4.41. The molecule has 1 aliphatic carbocycles. The number of sulfonamides is 1. The third-order valence-corrected chi connectivity index (χ3v) is 6.04. The average molecular weight is 291 g/mol. The van der Waals surface area contributed by atoms with E-state index >= 15 is 0 Å². The molecule has 19 heavy (non-hydrogen) atoms. The van der Waals surface area contributed by atoms with E-state index in [0.29, 0.717) is 12.8 Å². The summed E-state index contributed by atoms with van der Waals surface area (Å²) in [5.74, 6) is -0.953. The summed E-state index contributed by atoms with van der Waals surface area (Å²) >= 11 is 0. The molecule has 0 aromatic carbocycles. The van der Waals surface area contributed by atoms with E-state index in [4.69, 9.17) is 4.74 Å². The molecule has 0 spiro atoms. The lowest BCUT2D eigenvalue weighted by atomic mass is 9.89. The summed E-state index contributed by atoms with van der Waals surface area (Å²) in [5.41, 5.74) is -0.160. The molecule has 112 valence electrons. The second kappa shape index (κ2) is 5.79. The maximum absolute atomic E-state index is 12.4. The number of rotatable bonds is 4. The van der Waals surface area contributed by atoms with E-state index in [1.807, 2.05) is 27.7 Å². The lowest BCUT2D eigenvalue weighted by Gasteiger charge is -2.30. The monoisotopic (exact) mass is 291 g/mol. The third-order valence-electron chi connectivity index (χ3n) is 4.00. The molecule has 1 saturated carbocycles. The highest BCUT2D eigenvalue weighted by Gasteiger charge is 2.43. The van der Waals surface area contributed by atoms with Crippen LogP contribution in [-0.4, -0.2) is 32.8 Å². The average Bonchev–Trinajstić information content (AvgIpc) is 2.75. The topological polar surface area (TPSA) is 72.5 Å². The highest BCUT2D eigenvalue weighted by atomic mass is 32.2. The molecule has 5 nitrogen and oxygen atoms in total. The highest BCUT2D eigenvalue weighted by Crippen LogP contribution is 2.32. The number of esters is 1. The van der Waals surface area contributed by atoms with E-state index in [1.54, 1.807) is 0 Å². The fourth-order valence-electron chi connectivity index (χ4n) is 2.23. The first-order valence-electron chi connectivity index (χ1n) is 6.68. The van der Waals surface area contributed by atoms with Crippen LogP contribution in [0.4, 0.5) is 0 Å². The number of hydrogen-bond donors (Lipinski definition) is 1. The molecule has 1 fully saturated rings. The van der Waals surface area contributed by atoms with Crippen LogP contribution in [0.15, 0.2) is 0 Å². The number of methoxy groups -OCH3 is 1. The van der Waals surface area contributed by atoms with Crippen molar-refractivity contribution in [2.75, 3.05) is 7.11 Å². The van der Waals surface area contributed by atoms with Gasteiger partial charge in [0.15, 0.2) is 0 Å². The third kappa shape index (κ3) is 3.92. The second-order valence-corrected chi connectivity index (χ2v) is 8.28. The van der Waals surface area contributed by atoms with Crippen LogP contribution >= 0.6 is 0 Å². The number of hydrogen-bond acceptors (Lipinski definition) is 4. The first kappa shape index (κ1) is 16.4. The molecule has 0 radical (unpaired) electrons. The second-order valence-electron chi connectivity index (χ2n) is 6.35. The number of nitrogens with one attached hydrogen (secondary N) is 1. The number of carbonyl (C=O) groups excluding carboxylic acids is 1. The molecule has 0 saturated heterocycles. The van der Waals surface area contributed by atoms with Gasteiger partial charge in [-0.3, -0.25) is 4.79 Å². The minimum atomic E-state index is -3.50. The van der Waals surface area contributed by atoms with Gasteiger partial charge in [0.05, 0.1) is 18.3 Å². The predicted octanol–water partition coefficient (Wildman–Crippen LogP) is 1.68. The van der Waals surface area contributed by atoms with Crippen LogP contribution in [0.25, 0.3) is 0 Å². The van der Waals surface area contributed by atoms with E-state index in [-0.39, 0.29) is 11.5 Å². The molecule has 0 aromatic rings. The van der Waals surface area contributed by atoms with Crippen LogP contribution in [-0.2, 0) is 19.6 Å². The summed E-state index contributed by atoms with van der Waals surface area (Å²) in [6.07, 6.45) is 1.85. The Morgan fingerprint density at radius 1 is 1.32 bits per heavy atom. The maximum Gasteiger partial charge on any atom is 0.310 e. The largest absolute Gasteiger partial charge is 0.469 e. The minimum absolute atomic E-state index is 0.160. The minimum Gasteiger partial charge on any atom is -0.469 e.